The molecule has 6 heteroatoms. The number of unbranched alkanes of at least 4 members (excludes halogenated alkanes) is 39. The van der Waals surface area contributed by atoms with E-state index in [1.807, 2.05) is 0 Å². The molecule has 0 aromatic rings. The lowest BCUT2D eigenvalue weighted by Gasteiger charge is -2.18. The Bertz CT molecular complexity index is 949. The third kappa shape index (κ3) is 51.3. The average Bonchev–Trinajstić information content (AvgIpc) is 3.27. The number of hydrogen-bond acceptors (Lipinski definition) is 6. The lowest BCUT2D eigenvalue weighted by molar-refractivity contribution is -0.167. The van der Waals surface area contributed by atoms with Crippen LogP contribution in [0.3, 0.4) is 0 Å². The average molecular weight is 892 g/mol. The van der Waals surface area contributed by atoms with Gasteiger partial charge >= 0.3 is 17.9 Å². The van der Waals surface area contributed by atoms with Crippen LogP contribution in [0.5, 0.6) is 0 Å². The number of carbonyl (C=O) groups excluding carboxylic acids is 3. The highest BCUT2D eigenvalue weighted by atomic mass is 16.6. The van der Waals surface area contributed by atoms with E-state index in [2.05, 4.69) is 27.7 Å². The highest BCUT2D eigenvalue weighted by molar-refractivity contribution is 5.71. The molecule has 0 spiro atoms. The van der Waals surface area contributed by atoms with Gasteiger partial charge in [0.1, 0.15) is 13.2 Å². The molecule has 0 aromatic carbocycles. The van der Waals surface area contributed by atoms with E-state index >= 15 is 0 Å². The first-order valence-corrected chi connectivity index (χ1v) is 28.4. The Hall–Kier alpha value is -1.59. The Morgan fingerprint density at radius 3 is 0.778 bits per heavy atom. The topological polar surface area (TPSA) is 78.9 Å². The Balaban J connectivity index is 4.27. The first-order valence-electron chi connectivity index (χ1n) is 28.4. The minimum Gasteiger partial charge on any atom is -0.462 e. The molecule has 0 saturated heterocycles. The summed E-state index contributed by atoms with van der Waals surface area (Å²) in [4.78, 5) is 38.1. The van der Waals surface area contributed by atoms with Gasteiger partial charge < -0.3 is 14.2 Å². The van der Waals surface area contributed by atoms with Crippen molar-refractivity contribution >= 4 is 17.9 Å². The summed E-state index contributed by atoms with van der Waals surface area (Å²) in [6.07, 6.45) is 55.2. The summed E-state index contributed by atoms with van der Waals surface area (Å²) in [5, 5.41) is 0. The van der Waals surface area contributed by atoms with Gasteiger partial charge in [0.2, 0.25) is 0 Å². The van der Waals surface area contributed by atoms with Crippen LogP contribution in [-0.4, -0.2) is 37.2 Å². The molecule has 0 aliphatic rings. The summed E-state index contributed by atoms with van der Waals surface area (Å²) in [6, 6.07) is 0. The van der Waals surface area contributed by atoms with Crippen molar-refractivity contribution in [3.8, 4) is 0 Å². The highest BCUT2D eigenvalue weighted by Crippen LogP contribution is 2.18. The second kappa shape index (κ2) is 51.4. The molecule has 0 saturated carbocycles. The van der Waals surface area contributed by atoms with Gasteiger partial charge in [0.25, 0.3) is 0 Å². The van der Waals surface area contributed by atoms with Crippen LogP contribution in [0.1, 0.15) is 323 Å². The molecule has 0 aromatic heterocycles. The lowest BCUT2D eigenvalue weighted by Crippen LogP contribution is -2.30. The van der Waals surface area contributed by atoms with Gasteiger partial charge in [-0.15, -0.1) is 0 Å². The minimum atomic E-state index is -0.761. The van der Waals surface area contributed by atoms with Crippen molar-refractivity contribution in [3.63, 3.8) is 0 Å². The van der Waals surface area contributed by atoms with Gasteiger partial charge in [-0.1, -0.05) is 285 Å². The zero-order chi connectivity index (χ0) is 45.9. The van der Waals surface area contributed by atoms with Gasteiger partial charge in [-0.05, 0) is 25.2 Å². The molecule has 0 bridgehead atoms. The molecule has 374 valence electrons. The quantitative estimate of drug-likeness (QED) is 0.0344. The van der Waals surface area contributed by atoms with Gasteiger partial charge in [-0.2, -0.15) is 0 Å². The van der Waals surface area contributed by atoms with Crippen molar-refractivity contribution in [2.75, 3.05) is 13.2 Å². The Morgan fingerprint density at radius 2 is 0.524 bits per heavy atom. The Labute approximate surface area is 393 Å². The molecule has 0 radical (unpaired) electrons. The van der Waals surface area contributed by atoms with Gasteiger partial charge in [0, 0.05) is 19.3 Å². The third-order valence-corrected chi connectivity index (χ3v) is 13.0. The molecule has 1 atom stereocenters. The monoisotopic (exact) mass is 891 g/mol. The van der Waals surface area contributed by atoms with Gasteiger partial charge in [0.05, 0.1) is 0 Å². The Morgan fingerprint density at radius 1 is 0.302 bits per heavy atom. The molecule has 0 amide bonds. The lowest BCUT2D eigenvalue weighted by atomic mass is 10.0. The molecule has 0 aliphatic carbocycles. The van der Waals surface area contributed by atoms with E-state index in [0.29, 0.717) is 19.3 Å². The van der Waals surface area contributed by atoms with E-state index < -0.39 is 6.10 Å². The van der Waals surface area contributed by atoms with E-state index in [9.17, 15) is 14.4 Å². The van der Waals surface area contributed by atoms with Gasteiger partial charge in [-0.3, -0.25) is 14.4 Å². The van der Waals surface area contributed by atoms with Crippen LogP contribution < -0.4 is 0 Å². The number of carbonyl (C=O) groups is 3. The SMILES string of the molecule is CCCCCCCCCCCCCCCCCCCCC(=O)OC[C@H](COC(=O)CCCCCCCCCCCC(C)C)OC(=O)CCCCCCCCCCCCCCCCC. The van der Waals surface area contributed by atoms with Crippen LogP contribution in [0.2, 0.25) is 0 Å². The van der Waals surface area contributed by atoms with Gasteiger partial charge in [0.15, 0.2) is 6.10 Å². The van der Waals surface area contributed by atoms with Crippen LogP contribution in [0.15, 0.2) is 0 Å². The van der Waals surface area contributed by atoms with Crippen LogP contribution in [0, 0.1) is 5.92 Å². The molecule has 0 heterocycles. The standard InChI is InChI=1S/C57H110O6/c1-5-7-9-11-13-15-17-19-21-22-23-25-26-28-32-36-40-44-48-55(58)61-51-54(52-62-56(59)49-45-41-37-34-30-31-35-39-43-47-53(3)4)63-57(60)50-46-42-38-33-29-27-24-20-18-16-14-12-10-8-6-2/h53-54H,5-52H2,1-4H3/t54-/m1/s1. The second-order valence-electron chi connectivity index (χ2n) is 20.1. The first-order chi connectivity index (χ1) is 30.9. The van der Waals surface area contributed by atoms with E-state index in [1.54, 1.807) is 0 Å². The molecule has 63 heavy (non-hydrogen) atoms. The van der Waals surface area contributed by atoms with Crippen molar-refractivity contribution in [1.82, 2.24) is 0 Å². The van der Waals surface area contributed by atoms with Crippen molar-refractivity contribution in [1.29, 1.82) is 0 Å². The zero-order valence-corrected chi connectivity index (χ0v) is 43.0. The summed E-state index contributed by atoms with van der Waals surface area (Å²) in [7, 11) is 0. The third-order valence-electron chi connectivity index (χ3n) is 13.0. The summed E-state index contributed by atoms with van der Waals surface area (Å²) in [5.41, 5.74) is 0. The number of rotatable bonds is 52. The maximum absolute atomic E-state index is 12.8. The highest BCUT2D eigenvalue weighted by Gasteiger charge is 2.19. The summed E-state index contributed by atoms with van der Waals surface area (Å²) >= 11 is 0. The predicted octanol–water partition coefficient (Wildman–Crippen LogP) is 18.6. The van der Waals surface area contributed by atoms with Crippen LogP contribution >= 0.6 is 0 Å². The largest absolute Gasteiger partial charge is 0.462 e. The first kappa shape index (κ1) is 61.4. The maximum Gasteiger partial charge on any atom is 0.306 e. The van der Waals surface area contributed by atoms with E-state index in [1.165, 1.54) is 218 Å². The van der Waals surface area contributed by atoms with Crippen molar-refractivity contribution in [2.24, 2.45) is 5.92 Å². The maximum atomic E-state index is 12.8. The van der Waals surface area contributed by atoms with Gasteiger partial charge in [-0.25, -0.2) is 0 Å². The fourth-order valence-electron chi connectivity index (χ4n) is 8.75. The number of ether oxygens (including phenoxy) is 3. The normalized spacial score (nSPS) is 12.0. The molecule has 0 rings (SSSR count). The molecule has 6 nitrogen and oxygen atoms in total. The molecular formula is C57H110O6. The number of esters is 3. The summed E-state index contributed by atoms with van der Waals surface area (Å²) in [6.45, 7) is 9.03. The van der Waals surface area contributed by atoms with E-state index in [4.69, 9.17) is 14.2 Å². The van der Waals surface area contributed by atoms with E-state index in [0.717, 1.165) is 63.7 Å². The zero-order valence-electron chi connectivity index (χ0n) is 43.0. The van der Waals surface area contributed by atoms with Crippen molar-refractivity contribution in [3.05, 3.63) is 0 Å². The molecule has 0 unspecified atom stereocenters. The molecule has 0 fully saturated rings. The van der Waals surface area contributed by atoms with E-state index in [-0.39, 0.29) is 31.1 Å². The second-order valence-corrected chi connectivity index (χ2v) is 20.1. The summed E-state index contributed by atoms with van der Waals surface area (Å²) < 4.78 is 16.9. The van der Waals surface area contributed by atoms with Crippen LogP contribution in [0.4, 0.5) is 0 Å². The minimum absolute atomic E-state index is 0.0623. The Kier molecular flexibility index (Phi) is 50.1. The molecule has 0 N–H and O–H groups in total. The predicted molar refractivity (Wildman–Crippen MR) is 270 cm³/mol. The summed E-state index contributed by atoms with van der Waals surface area (Å²) in [5.74, 6) is -0.0300. The van der Waals surface area contributed by atoms with Crippen molar-refractivity contribution < 1.29 is 28.6 Å². The molecule has 0 aliphatic heterocycles. The number of hydrogen-bond donors (Lipinski definition) is 0. The van der Waals surface area contributed by atoms with Crippen LogP contribution in [-0.2, 0) is 28.6 Å². The van der Waals surface area contributed by atoms with Crippen LogP contribution in [0.25, 0.3) is 0 Å². The smallest absolute Gasteiger partial charge is 0.306 e. The fourth-order valence-corrected chi connectivity index (χ4v) is 8.75. The molecular weight excluding hydrogens is 781 g/mol. The fraction of sp³-hybridized carbons (Fsp3) is 0.947. The van der Waals surface area contributed by atoms with Crippen molar-refractivity contribution in [2.45, 2.75) is 329 Å².